The first kappa shape index (κ1) is 24.7. The van der Waals surface area contributed by atoms with Gasteiger partial charge in [-0.1, -0.05) is 66.7 Å². The molecule has 5 rings (SSSR count). The molecule has 190 valence electrons. The average Bonchev–Trinajstić information content (AvgIpc) is 3.32. The molecule has 6 nitrogen and oxygen atoms in total. The molecule has 0 unspecified atom stereocenters. The topological polar surface area (TPSA) is 67.0 Å². The predicted molar refractivity (Wildman–Crippen MR) is 148 cm³/mol. The molecule has 0 aliphatic carbocycles. The second-order valence-corrected chi connectivity index (χ2v) is 9.03. The van der Waals surface area contributed by atoms with Gasteiger partial charge in [-0.2, -0.15) is 0 Å². The summed E-state index contributed by atoms with van der Waals surface area (Å²) in [6.45, 7) is 2.45. The molecule has 6 heteroatoms. The largest absolute Gasteiger partial charge is 0.493 e. The van der Waals surface area contributed by atoms with E-state index in [4.69, 9.17) is 14.2 Å². The highest BCUT2D eigenvalue weighted by Gasteiger charge is 2.16. The highest BCUT2D eigenvalue weighted by atomic mass is 16.5. The van der Waals surface area contributed by atoms with Crippen LogP contribution in [-0.2, 0) is 6.54 Å². The molecule has 1 heterocycles. The number of nitrogens with zero attached hydrogens (tertiary/aromatic N) is 1. The number of para-hydroxylation sites is 3. The number of aliphatic hydroxyl groups is 1. The van der Waals surface area contributed by atoms with Crippen molar-refractivity contribution in [2.24, 2.45) is 0 Å². The van der Waals surface area contributed by atoms with E-state index in [0.717, 1.165) is 27.6 Å². The highest BCUT2D eigenvalue weighted by molar-refractivity contribution is 6.10. The number of ether oxygens (including phenoxy) is 3. The highest BCUT2D eigenvalue weighted by Crippen LogP contribution is 2.33. The lowest BCUT2D eigenvalue weighted by atomic mass is 10.1. The summed E-state index contributed by atoms with van der Waals surface area (Å²) in [6.07, 6.45) is -0.671. The lowest BCUT2D eigenvalue weighted by Crippen LogP contribution is -2.37. The molecule has 1 aromatic heterocycles. The van der Waals surface area contributed by atoms with Crippen LogP contribution in [0.3, 0.4) is 0 Å². The third-order valence-corrected chi connectivity index (χ3v) is 6.38. The predicted octanol–water partition coefficient (Wildman–Crippen LogP) is 5.65. The van der Waals surface area contributed by atoms with Crippen LogP contribution >= 0.6 is 0 Å². The molecule has 0 bridgehead atoms. The van der Waals surface area contributed by atoms with Crippen molar-refractivity contribution in [1.29, 1.82) is 0 Å². The minimum Gasteiger partial charge on any atom is -0.493 e. The molecule has 0 aliphatic heterocycles. The first-order valence-corrected chi connectivity index (χ1v) is 12.5. The van der Waals surface area contributed by atoms with E-state index in [1.807, 2.05) is 72.8 Å². The second-order valence-electron chi connectivity index (χ2n) is 9.03. The van der Waals surface area contributed by atoms with Crippen LogP contribution in [0.4, 0.5) is 0 Å². The van der Waals surface area contributed by atoms with Gasteiger partial charge in [0.1, 0.15) is 25.1 Å². The monoisotopic (exact) mass is 496 g/mol. The standard InChI is InChI=1S/C31H32N2O4/c1-35-28-15-7-8-16-29(28)36-19-18-33(20-23-10-3-2-4-11-23)21-24(34)22-37-30-17-9-14-27-31(30)25-12-5-6-13-26(25)32-27/h2-17,24,32,34H,18-22H2,1H3/t24-/m1/s1. The van der Waals surface area contributed by atoms with Crippen molar-refractivity contribution in [3.63, 3.8) is 0 Å². The van der Waals surface area contributed by atoms with Crippen LogP contribution in [0.25, 0.3) is 21.8 Å². The number of benzene rings is 4. The molecule has 1 atom stereocenters. The molecule has 0 spiro atoms. The van der Waals surface area contributed by atoms with Crippen molar-refractivity contribution < 1.29 is 19.3 Å². The molecular weight excluding hydrogens is 464 g/mol. The van der Waals surface area contributed by atoms with Gasteiger partial charge >= 0.3 is 0 Å². The average molecular weight is 497 g/mol. The van der Waals surface area contributed by atoms with E-state index in [1.54, 1.807) is 7.11 Å². The number of hydrogen-bond donors (Lipinski definition) is 2. The lowest BCUT2D eigenvalue weighted by molar-refractivity contribution is 0.0608. The third-order valence-electron chi connectivity index (χ3n) is 6.38. The van der Waals surface area contributed by atoms with Crippen LogP contribution in [0, 0.1) is 0 Å². The molecule has 0 fully saturated rings. The van der Waals surface area contributed by atoms with Gasteiger partial charge < -0.3 is 24.3 Å². The van der Waals surface area contributed by atoms with Crippen molar-refractivity contribution in [2.45, 2.75) is 12.6 Å². The Bertz CT molecular complexity index is 1430. The van der Waals surface area contributed by atoms with E-state index in [9.17, 15) is 5.11 Å². The number of hydrogen-bond acceptors (Lipinski definition) is 5. The number of H-pyrrole nitrogens is 1. The maximum Gasteiger partial charge on any atom is 0.161 e. The van der Waals surface area contributed by atoms with Gasteiger partial charge in [-0.25, -0.2) is 0 Å². The summed E-state index contributed by atoms with van der Waals surface area (Å²) in [4.78, 5) is 5.62. The van der Waals surface area contributed by atoms with Gasteiger partial charge in [-0.05, 0) is 35.9 Å². The zero-order valence-electron chi connectivity index (χ0n) is 21.0. The van der Waals surface area contributed by atoms with E-state index < -0.39 is 6.10 Å². The van der Waals surface area contributed by atoms with Crippen LogP contribution in [0.5, 0.6) is 17.2 Å². The van der Waals surface area contributed by atoms with Crippen LogP contribution in [0.15, 0.2) is 97.1 Å². The smallest absolute Gasteiger partial charge is 0.161 e. The van der Waals surface area contributed by atoms with Gasteiger partial charge in [0.2, 0.25) is 0 Å². The van der Waals surface area contributed by atoms with Crippen molar-refractivity contribution in [3.05, 3.63) is 103 Å². The quantitative estimate of drug-likeness (QED) is 0.234. The fraction of sp³-hybridized carbons (Fsp3) is 0.226. The summed E-state index contributed by atoms with van der Waals surface area (Å²) in [5.41, 5.74) is 3.27. The van der Waals surface area contributed by atoms with Crippen molar-refractivity contribution >= 4 is 21.8 Å². The molecule has 0 saturated heterocycles. The molecule has 2 N–H and O–H groups in total. The summed E-state index contributed by atoms with van der Waals surface area (Å²) in [5.74, 6) is 2.18. The Morgan fingerprint density at radius 1 is 0.757 bits per heavy atom. The molecule has 0 radical (unpaired) electrons. The van der Waals surface area contributed by atoms with Crippen molar-refractivity contribution in [2.75, 3.05) is 33.4 Å². The van der Waals surface area contributed by atoms with Gasteiger partial charge in [0.05, 0.1) is 12.6 Å². The van der Waals surface area contributed by atoms with Crippen molar-refractivity contribution in [3.8, 4) is 17.2 Å². The summed E-state index contributed by atoms with van der Waals surface area (Å²) < 4.78 is 17.6. The number of fused-ring (bicyclic) bond motifs is 3. The van der Waals surface area contributed by atoms with E-state index in [1.165, 1.54) is 5.56 Å². The zero-order chi connectivity index (χ0) is 25.5. The normalized spacial score (nSPS) is 12.2. The van der Waals surface area contributed by atoms with Gasteiger partial charge in [0.25, 0.3) is 0 Å². The third kappa shape index (κ3) is 6.05. The Morgan fingerprint density at radius 2 is 1.46 bits per heavy atom. The molecule has 0 saturated carbocycles. The van der Waals surface area contributed by atoms with Gasteiger partial charge in [-0.3, -0.25) is 4.90 Å². The van der Waals surface area contributed by atoms with Gasteiger partial charge in [-0.15, -0.1) is 0 Å². The Hall–Kier alpha value is -4.00. The first-order chi connectivity index (χ1) is 18.2. The van der Waals surface area contributed by atoms with E-state index in [0.29, 0.717) is 37.7 Å². The van der Waals surface area contributed by atoms with E-state index in [2.05, 4.69) is 34.1 Å². The maximum atomic E-state index is 11.0. The van der Waals surface area contributed by atoms with E-state index in [-0.39, 0.29) is 6.61 Å². The second kappa shape index (κ2) is 11.8. The minimum atomic E-state index is -0.671. The van der Waals surface area contributed by atoms with Crippen LogP contribution in [0.1, 0.15) is 5.56 Å². The fourth-order valence-electron chi connectivity index (χ4n) is 4.62. The number of rotatable bonds is 12. The number of aromatic nitrogens is 1. The van der Waals surface area contributed by atoms with Crippen LogP contribution < -0.4 is 14.2 Å². The molecule has 0 amide bonds. The maximum absolute atomic E-state index is 11.0. The Morgan fingerprint density at radius 3 is 2.30 bits per heavy atom. The lowest BCUT2D eigenvalue weighted by Gasteiger charge is -2.25. The number of aromatic amines is 1. The molecular formula is C31H32N2O4. The summed E-state index contributed by atoms with van der Waals surface area (Å²) in [6, 6.07) is 32.0. The number of methoxy groups -OCH3 is 1. The molecule has 37 heavy (non-hydrogen) atoms. The SMILES string of the molecule is COc1ccccc1OCCN(Cc1ccccc1)C[C@@H](O)COc1cccc2[nH]c3ccccc3c12. The number of nitrogens with one attached hydrogen (secondary N) is 1. The van der Waals surface area contributed by atoms with Gasteiger partial charge in [0, 0.05) is 35.9 Å². The van der Waals surface area contributed by atoms with Crippen LogP contribution in [0.2, 0.25) is 0 Å². The first-order valence-electron chi connectivity index (χ1n) is 12.5. The Kier molecular flexibility index (Phi) is 7.89. The number of aliphatic hydroxyl groups excluding tert-OH is 1. The molecule has 5 aromatic rings. The molecule has 4 aromatic carbocycles. The molecule has 0 aliphatic rings. The summed E-state index contributed by atoms with van der Waals surface area (Å²) >= 11 is 0. The minimum absolute atomic E-state index is 0.192. The van der Waals surface area contributed by atoms with Gasteiger partial charge in [0.15, 0.2) is 11.5 Å². The fourth-order valence-corrected chi connectivity index (χ4v) is 4.62. The summed E-state index contributed by atoms with van der Waals surface area (Å²) in [5, 5.41) is 13.1. The summed E-state index contributed by atoms with van der Waals surface area (Å²) in [7, 11) is 1.64. The Balaban J connectivity index is 1.24. The zero-order valence-corrected chi connectivity index (χ0v) is 21.0. The van der Waals surface area contributed by atoms with Crippen molar-refractivity contribution in [1.82, 2.24) is 9.88 Å². The van der Waals surface area contributed by atoms with E-state index >= 15 is 0 Å². The Labute approximate surface area is 217 Å². The van der Waals surface area contributed by atoms with Crippen LogP contribution in [-0.4, -0.2) is 54.5 Å².